The zero-order valence-electron chi connectivity index (χ0n) is 22.9. The molecule has 1 heterocycles. The number of hydrogen-bond donors (Lipinski definition) is 1. The largest absolute Gasteiger partial charge is 0.493 e. The maximum atomic E-state index is 13.2. The van der Waals surface area contributed by atoms with E-state index in [1.807, 2.05) is 13.0 Å². The van der Waals surface area contributed by atoms with Crippen LogP contribution < -0.4 is 29.2 Å². The van der Waals surface area contributed by atoms with Gasteiger partial charge in [-0.05, 0) is 75.8 Å². The summed E-state index contributed by atoms with van der Waals surface area (Å²) in [6.07, 6.45) is 4.70. The van der Waals surface area contributed by atoms with Crippen molar-refractivity contribution in [1.82, 2.24) is 5.32 Å². The number of benzene rings is 2. The van der Waals surface area contributed by atoms with Gasteiger partial charge in [-0.2, -0.15) is 0 Å². The van der Waals surface area contributed by atoms with Crippen molar-refractivity contribution in [2.45, 2.75) is 64.0 Å². The molecule has 1 N–H and O–H groups in total. The second-order valence-electron chi connectivity index (χ2n) is 9.72. The Bertz CT molecular complexity index is 1150. The standard InChI is InChI=1S/C29H38N2O7/c1-6-37-29(33)31-18(2)13-20(22-15-25(35-4)26(36-5)16-23(22)31)17-30-28(32)19-11-12-24(34-3)27(14-19)38-21-9-7-8-10-21/h11-12,14-16,18,20-21H,6-10,13,17H2,1-5H3,(H,30,32). The smallest absolute Gasteiger partial charge is 0.414 e. The highest BCUT2D eigenvalue weighted by Gasteiger charge is 2.36. The van der Waals surface area contributed by atoms with E-state index in [1.54, 1.807) is 57.4 Å². The number of fused-ring (bicyclic) bond motifs is 1. The van der Waals surface area contributed by atoms with Gasteiger partial charge in [0.1, 0.15) is 0 Å². The molecule has 0 radical (unpaired) electrons. The number of nitrogens with one attached hydrogen (secondary N) is 1. The van der Waals surface area contributed by atoms with Crippen LogP contribution in [-0.4, -0.2) is 58.6 Å². The van der Waals surface area contributed by atoms with Crippen LogP contribution >= 0.6 is 0 Å². The maximum Gasteiger partial charge on any atom is 0.414 e. The van der Waals surface area contributed by atoms with E-state index in [0.717, 1.165) is 31.2 Å². The highest BCUT2D eigenvalue weighted by Crippen LogP contribution is 2.44. The highest BCUT2D eigenvalue weighted by molar-refractivity contribution is 5.95. The van der Waals surface area contributed by atoms with Crippen molar-refractivity contribution in [3.8, 4) is 23.0 Å². The van der Waals surface area contributed by atoms with Crippen molar-refractivity contribution >= 4 is 17.7 Å². The Labute approximate surface area is 224 Å². The summed E-state index contributed by atoms with van der Waals surface area (Å²) >= 11 is 0. The minimum atomic E-state index is -0.413. The van der Waals surface area contributed by atoms with E-state index in [2.05, 4.69) is 5.32 Å². The predicted molar refractivity (Wildman–Crippen MR) is 144 cm³/mol. The molecule has 1 fully saturated rings. The van der Waals surface area contributed by atoms with Crippen molar-refractivity contribution in [2.75, 3.05) is 39.4 Å². The van der Waals surface area contributed by atoms with Gasteiger partial charge in [0, 0.05) is 30.1 Å². The second-order valence-corrected chi connectivity index (χ2v) is 9.72. The fourth-order valence-electron chi connectivity index (χ4n) is 5.38. The fourth-order valence-corrected chi connectivity index (χ4v) is 5.38. The summed E-state index contributed by atoms with van der Waals surface area (Å²) in [5, 5.41) is 3.08. The number of amides is 2. The van der Waals surface area contributed by atoms with Crippen LogP contribution in [0.1, 0.15) is 67.8 Å². The molecule has 2 unspecified atom stereocenters. The van der Waals surface area contributed by atoms with Crippen LogP contribution in [0.2, 0.25) is 0 Å². The van der Waals surface area contributed by atoms with Crippen LogP contribution in [0, 0.1) is 0 Å². The minimum absolute atomic E-state index is 0.0538. The summed E-state index contributed by atoms with van der Waals surface area (Å²) in [6.45, 7) is 4.41. The normalized spacial score (nSPS) is 18.9. The van der Waals surface area contributed by atoms with Crippen molar-refractivity contribution in [3.05, 3.63) is 41.5 Å². The van der Waals surface area contributed by atoms with Gasteiger partial charge in [-0.3, -0.25) is 9.69 Å². The zero-order valence-corrected chi connectivity index (χ0v) is 22.9. The molecule has 2 aromatic carbocycles. The van der Waals surface area contributed by atoms with Crippen molar-refractivity contribution < 1.29 is 33.3 Å². The summed E-state index contributed by atoms with van der Waals surface area (Å²) in [6, 6.07) is 8.79. The topological polar surface area (TPSA) is 95.6 Å². The van der Waals surface area contributed by atoms with Crippen LogP contribution in [-0.2, 0) is 4.74 Å². The summed E-state index contributed by atoms with van der Waals surface area (Å²) < 4.78 is 28.0. The van der Waals surface area contributed by atoms with Gasteiger partial charge >= 0.3 is 6.09 Å². The van der Waals surface area contributed by atoms with Crippen LogP contribution in [0.4, 0.5) is 10.5 Å². The van der Waals surface area contributed by atoms with Gasteiger partial charge < -0.3 is 29.0 Å². The molecule has 2 aliphatic rings. The van der Waals surface area contributed by atoms with E-state index < -0.39 is 6.09 Å². The molecule has 38 heavy (non-hydrogen) atoms. The van der Waals surface area contributed by atoms with Gasteiger partial charge in [-0.1, -0.05) is 0 Å². The van der Waals surface area contributed by atoms with E-state index in [-0.39, 0.29) is 30.6 Å². The Morgan fingerprint density at radius 1 is 0.947 bits per heavy atom. The first-order valence-electron chi connectivity index (χ1n) is 13.2. The summed E-state index contributed by atoms with van der Waals surface area (Å²) in [7, 11) is 4.73. The lowest BCUT2D eigenvalue weighted by Gasteiger charge is -2.39. The van der Waals surface area contributed by atoms with Gasteiger partial charge in [0.2, 0.25) is 0 Å². The Hall–Kier alpha value is -3.62. The number of hydrogen-bond acceptors (Lipinski definition) is 7. The Balaban J connectivity index is 1.56. The molecule has 9 nitrogen and oxygen atoms in total. The number of methoxy groups -OCH3 is 3. The molecule has 2 amide bonds. The molecule has 0 bridgehead atoms. The first-order valence-corrected chi connectivity index (χ1v) is 13.2. The molecule has 0 aromatic heterocycles. The van der Waals surface area contributed by atoms with Gasteiger partial charge in [-0.15, -0.1) is 0 Å². The quantitative estimate of drug-likeness (QED) is 0.474. The molecule has 2 atom stereocenters. The van der Waals surface area contributed by atoms with Crippen LogP contribution in [0.5, 0.6) is 23.0 Å². The Kier molecular flexibility index (Phi) is 8.86. The lowest BCUT2D eigenvalue weighted by molar-refractivity contribution is 0.0948. The molecular formula is C29H38N2O7. The van der Waals surface area contributed by atoms with Gasteiger partial charge in [0.05, 0.1) is 39.7 Å². The molecule has 206 valence electrons. The first kappa shape index (κ1) is 27.4. The van der Waals surface area contributed by atoms with Gasteiger partial charge in [0.15, 0.2) is 23.0 Å². The molecule has 4 rings (SSSR count). The third kappa shape index (κ3) is 5.76. The summed E-state index contributed by atoms with van der Waals surface area (Å²) in [5.74, 6) is 2.03. The van der Waals surface area contributed by atoms with Gasteiger partial charge in [-0.25, -0.2) is 4.79 Å². The molecule has 9 heteroatoms. The second kappa shape index (κ2) is 12.3. The number of carbonyl (C=O) groups excluding carboxylic acids is 2. The van der Waals surface area contributed by atoms with E-state index in [4.69, 9.17) is 23.7 Å². The third-order valence-corrected chi connectivity index (χ3v) is 7.29. The molecule has 1 saturated carbocycles. The average Bonchev–Trinajstić information content (AvgIpc) is 3.43. The number of carbonyl (C=O) groups is 2. The Morgan fingerprint density at radius 3 is 2.29 bits per heavy atom. The molecule has 0 saturated heterocycles. The average molecular weight is 527 g/mol. The monoisotopic (exact) mass is 526 g/mol. The molecular weight excluding hydrogens is 488 g/mol. The summed E-state index contributed by atoms with van der Waals surface area (Å²) in [5.41, 5.74) is 2.08. The lowest BCUT2D eigenvalue weighted by atomic mass is 9.85. The number of anilines is 1. The van der Waals surface area contributed by atoms with Crippen LogP contribution in [0.3, 0.4) is 0 Å². The lowest BCUT2D eigenvalue weighted by Crippen LogP contribution is -2.45. The van der Waals surface area contributed by atoms with Crippen molar-refractivity contribution in [2.24, 2.45) is 0 Å². The van der Waals surface area contributed by atoms with Gasteiger partial charge in [0.25, 0.3) is 5.91 Å². The van der Waals surface area contributed by atoms with Crippen molar-refractivity contribution in [3.63, 3.8) is 0 Å². The van der Waals surface area contributed by atoms with E-state index >= 15 is 0 Å². The molecule has 1 aliphatic heterocycles. The van der Waals surface area contributed by atoms with Crippen molar-refractivity contribution in [1.29, 1.82) is 0 Å². The fraction of sp³-hybridized carbons (Fsp3) is 0.517. The van der Waals surface area contributed by atoms with E-state index in [9.17, 15) is 9.59 Å². The molecule has 2 aromatic rings. The predicted octanol–water partition coefficient (Wildman–Crippen LogP) is 5.30. The van der Waals surface area contributed by atoms with Crippen LogP contribution in [0.15, 0.2) is 30.3 Å². The number of rotatable bonds is 9. The first-order chi connectivity index (χ1) is 18.4. The zero-order chi connectivity index (χ0) is 27.2. The number of nitrogens with zero attached hydrogens (tertiary/aromatic N) is 1. The summed E-state index contributed by atoms with van der Waals surface area (Å²) in [4.78, 5) is 27.7. The SMILES string of the molecule is CCOC(=O)N1c2cc(OC)c(OC)cc2C(CNC(=O)c2ccc(OC)c(OC3CCCC3)c2)CC1C. The molecule has 0 spiro atoms. The van der Waals surface area contributed by atoms with E-state index in [1.165, 1.54) is 0 Å². The van der Waals surface area contributed by atoms with Crippen LogP contribution in [0.25, 0.3) is 0 Å². The third-order valence-electron chi connectivity index (χ3n) is 7.29. The van der Waals surface area contributed by atoms with E-state index in [0.29, 0.717) is 47.2 Å². The number of ether oxygens (including phenoxy) is 5. The Morgan fingerprint density at radius 2 is 1.63 bits per heavy atom. The molecule has 1 aliphatic carbocycles. The highest BCUT2D eigenvalue weighted by atomic mass is 16.6. The maximum absolute atomic E-state index is 13.2. The minimum Gasteiger partial charge on any atom is -0.493 e.